The Morgan fingerprint density at radius 3 is 2.62 bits per heavy atom. The molecule has 1 atom stereocenters. The summed E-state index contributed by atoms with van der Waals surface area (Å²) in [5, 5.41) is 9.34. The molecule has 0 spiro atoms. The van der Waals surface area contributed by atoms with E-state index in [4.69, 9.17) is 5.73 Å². The molecule has 0 radical (unpaired) electrons. The van der Waals surface area contributed by atoms with Crippen LogP contribution < -0.4 is 5.73 Å². The molecule has 5 nitrogen and oxygen atoms in total. The van der Waals surface area contributed by atoms with Gasteiger partial charge in [-0.05, 0) is 18.6 Å². The quantitative estimate of drug-likeness (QED) is 0.716. The molecule has 0 aromatic heterocycles. The van der Waals surface area contributed by atoms with E-state index < -0.39 is 16.1 Å². The Balaban J connectivity index is 2.36. The van der Waals surface area contributed by atoms with Crippen LogP contribution in [-0.2, 0) is 10.0 Å². The van der Waals surface area contributed by atoms with Crippen molar-refractivity contribution in [3.8, 4) is 0 Å². The van der Waals surface area contributed by atoms with Gasteiger partial charge >= 0.3 is 0 Å². The van der Waals surface area contributed by atoms with Gasteiger partial charge in [-0.25, -0.2) is 8.42 Å². The second-order valence-corrected chi connectivity index (χ2v) is 5.75. The van der Waals surface area contributed by atoms with Crippen LogP contribution in [0, 0.1) is 0 Å². The summed E-state index contributed by atoms with van der Waals surface area (Å²) in [5.74, 6) is 0. The van der Waals surface area contributed by atoms with Crippen molar-refractivity contribution < 1.29 is 13.5 Å². The Morgan fingerprint density at radius 1 is 1.38 bits per heavy atom. The van der Waals surface area contributed by atoms with E-state index in [1.807, 2.05) is 0 Å². The summed E-state index contributed by atoms with van der Waals surface area (Å²) >= 11 is 0. The predicted octanol–water partition coefficient (Wildman–Crippen LogP) is 0.0241. The molecule has 3 N–H and O–H groups in total. The molecule has 0 amide bonds. The van der Waals surface area contributed by atoms with Crippen molar-refractivity contribution in [3.63, 3.8) is 0 Å². The number of nitrogen functional groups attached to an aromatic ring is 1. The first-order valence-electron chi connectivity index (χ1n) is 5.04. The van der Waals surface area contributed by atoms with Gasteiger partial charge in [-0.2, -0.15) is 4.31 Å². The first-order chi connectivity index (χ1) is 7.51. The molecule has 0 saturated carbocycles. The lowest BCUT2D eigenvalue weighted by Crippen LogP contribution is -2.30. The number of nitrogens with zero attached hydrogens (tertiary/aromatic N) is 1. The maximum atomic E-state index is 12.1. The zero-order valence-electron chi connectivity index (χ0n) is 8.70. The van der Waals surface area contributed by atoms with E-state index in [0.29, 0.717) is 13.0 Å². The van der Waals surface area contributed by atoms with E-state index in [-0.39, 0.29) is 17.1 Å². The third kappa shape index (κ3) is 1.91. The number of β-amino-alcohol motifs (C(OH)–C–C–N with tert-alkyl or cyclic N) is 1. The fraction of sp³-hybridized carbons (Fsp3) is 0.400. The Labute approximate surface area is 94.5 Å². The van der Waals surface area contributed by atoms with Crippen LogP contribution in [0.5, 0.6) is 0 Å². The van der Waals surface area contributed by atoms with E-state index >= 15 is 0 Å². The molecule has 1 saturated heterocycles. The normalized spacial score (nSPS) is 22.4. The number of aliphatic hydroxyl groups excluding tert-OH is 1. The molecule has 1 aromatic rings. The van der Waals surface area contributed by atoms with Gasteiger partial charge in [-0.3, -0.25) is 0 Å². The first-order valence-corrected chi connectivity index (χ1v) is 6.48. The Morgan fingerprint density at radius 2 is 2.06 bits per heavy atom. The Kier molecular flexibility index (Phi) is 2.88. The highest BCUT2D eigenvalue weighted by atomic mass is 32.2. The van der Waals surface area contributed by atoms with Gasteiger partial charge in [0.15, 0.2) is 0 Å². The molecular weight excluding hydrogens is 228 g/mol. The molecule has 0 aliphatic carbocycles. The zero-order valence-corrected chi connectivity index (χ0v) is 9.52. The van der Waals surface area contributed by atoms with Gasteiger partial charge in [0.05, 0.1) is 11.8 Å². The SMILES string of the molecule is Nc1ccccc1S(=O)(=O)N1CC[C@@H](O)C1. The van der Waals surface area contributed by atoms with Crippen LogP contribution in [0.15, 0.2) is 29.2 Å². The van der Waals surface area contributed by atoms with Gasteiger partial charge in [-0.1, -0.05) is 12.1 Å². The molecule has 16 heavy (non-hydrogen) atoms. The number of anilines is 1. The van der Waals surface area contributed by atoms with Gasteiger partial charge in [0.1, 0.15) is 4.90 Å². The fourth-order valence-electron chi connectivity index (χ4n) is 1.78. The van der Waals surface area contributed by atoms with Crippen LogP contribution in [0.2, 0.25) is 0 Å². The number of rotatable bonds is 2. The average molecular weight is 242 g/mol. The van der Waals surface area contributed by atoms with Crippen LogP contribution in [0.25, 0.3) is 0 Å². The molecule has 6 heteroatoms. The van der Waals surface area contributed by atoms with Crippen molar-refractivity contribution in [2.45, 2.75) is 17.4 Å². The van der Waals surface area contributed by atoms with Gasteiger partial charge in [0.2, 0.25) is 10.0 Å². The molecule has 1 aromatic carbocycles. The zero-order chi connectivity index (χ0) is 11.8. The molecule has 0 unspecified atom stereocenters. The molecule has 1 heterocycles. The molecule has 1 aliphatic rings. The second kappa shape index (κ2) is 4.04. The third-order valence-corrected chi connectivity index (χ3v) is 4.60. The first kappa shape index (κ1) is 11.4. The minimum Gasteiger partial charge on any atom is -0.398 e. The molecule has 1 fully saturated rings. The van der Waals surface area contributed by atoms with Gasteiger partial charge in [0.25, 0.3) is 0 Å². The molecule has 1 aliphatic heterocycles. The highest BCUT2D eigenvalue weighted by molar-refractivity contribution is 7.89. The third-order valence-electron chi connectivity index (χ3n) is 2.66. The molecular formula is C10H14N2O3S. The summed E-state index contributed by atoms with van der Waals surface area (Å²) in [6, 6.07) is 6.36. The topological polar surface area (TPSA) is 83.6 Å². The number of aliphatic hydroxyl groups is 1. The second-order valence-electron chi connectivity index (χ2n) is 3.84. The van der Waals surface area contributed by atoms with Crippen molar-refractivity contribution in [1.29, 1.82) is 0 Å². The number of para-hydroxylation sites is 1. The fourth-order valence-corrected chi connectivity index (χ4v) is 3.39. The van der Waals surface area contributed by atoms with Crippen molar-refractivity contribution in [2.24, 2.45) is 0 Å². The lowest BCUT2D eigenvalue weighted by molar-refractivity contribution is 0.189. The van der Waals surface area contributed by atoms with Crippen molar-refractivity contribution in [3.05, 3.63) is 24.3 Å². The highest BCUT2D eigenvalue weighted by Gasteiger charge is 2.32. The van der Waals surface area contributed by atoms with Gasteiger partial charge in [-0.15, -0.1) is 0 Å². The summed E-state index contributed by atoms with van der Waals surface area (Å²) < 4.78 is 25.5. The van der Waals surface area contributed by atoms with E-state index in [0.717, 1.165) is 0 Å². The minimum absolute atomic E-state index is 0.115. The average Bonchev–Trinajstić information content (AvgIpc) is 2.66. The summed E-state index contributed by atoms with van der Waals surface area (Å²) in [6.45, 7) is 0.495. The highest BCUT2D eigenvalue weighted by Crippen LogP contribution is 2.24. The Bertz CT molecular complexity index is 487. The van der Waals surface area contributed by atoms with Gasteiger partial charge in [0, 0.05) is 13.1 Å². The summed E-state index contributed by atoms with van der Waals surface area (Å²) in [7, 11) is -3.55. The number of benzene rings is 1. The standard InChI is InChI=1S/C10H14N2O3S/c11-9-3-1-2-4-10(9)16(14,15)12-6-5-8(13)7-12/h1-4,8,13H,5-7,11H2/t8-/m1/s1. The summed E-state index contributed by atoms with van der Waals surface area (Å²) in [6.07, 6.45) is -0.0916. The summed E-state index contributed by atoms with van der Waals surface area (Å²) in [4.78, 5) is 0.115. The number of hydrogen-bond donors (Lipinski definition) is 2. The maximum absolute atomic E-state index is 12.1. The van der Waals surface area contributed by atoms with Crippen molar-refractivity contribution in [2.75, 3.05) is 18.8 Å². The van der Waals surface area contributed by atoms with Crippen molar-refractivity contribution in [1.82, 2.24) is 4.31 Å². The number of nitrogens with two attached hydrogens (primary N) is 1. The van der Waals surface area contributed by atoms with Crippen LogP contribution >= 0.6 is 0 Å². The van der Waals surface area contributed by atoms with Crippen LogP contribution in [0.3, 0.4) is 0 Å². The minimum atomic E-state index is -3.55. The van der Waals surface area contributed by atoms with E-state index in [2.05, 4.69) is 0 Å². The summed E-state index contributed by atoms with van der Waals surface area (Å²) in [5.41, 5.74) is 5.88. The predicted molar refractivity (Wildman–Crippen MR) is 60.2 cm³/mol. The van der Waals surface area contributed by atoms with E-state index in [1.165, 1.54) is 10.4 Å². The Hall–Kier alpha value is -1.11. The number of hydrogen-bond acceptors (Lipinski definition) is 4. The van der Waals surface area contributed by atoms with Crippen LogP contribution in [0.1, 0.15) is 6.42 Å². The van der Waals surface area contributed by atoms with E-state index in [9.17, 15) is 13.5 Å². The van der Waals surface area contributed by atoms with Crippen molar-refractivity contribution >= 4 is 15.7 Å². The maximum Gasteiger partial charge on any atom is 0.245 e. The van der Waals surface area contributed by atoms with Gasteiger partial charge < -0.3 is 10.8 Å². The van der Waals surface area contributed by atoms with E-state index in [1.54, 1.807) is 18.2 Å². The molecule has 2 rings (SSSR count). The lowest BCUT2D eigenvalue weighted by atomic mass is 10.3. The smallest absolute Gasteiger partial charge is 0.245 e. The van der Waals surface area contributed by atoms with Crippen LogP contribution in [-0.4, -0.2) is 37.0 Å². The molecule has 0 bridgehead atoms. The number of sulfonamides is 1. The lowest BCUT2D eigenvalue weighted by Gasteiger charge is -2.16. The monoisotopic (exact) mass is 242 g/mol. The van der Waals surface area contributed by atoms with Crippen LogP contribution in [0.4, 0.5) is 5.69 Å². The largest absolute Gasteiger partial charge is 0.398 e. The molecule has 88 valence electrons.